The number of aryl methyl sites for hydroxylation is 1. The first-order valence-electron chi connectivity index (χ1n) is 5.75. The van der Waals surface area contributed by atoms with Gasteiger partial charge in [-0.15, -0.1) is 0 Å². The molecule has 0 bridgehead atoms. The molecule has 0 aliphatic rings. The molecule has 2 rings (SSSR count). The number of carbonyl (C=O) groups is 1. The summed E-state index contributed by atoms with van der Waals surface area (Å²) in [6.07, 6.45) is 4.70. The van der Waals surface area contributed by atoms with Gasteiger partial charge >= 0.3 is 0 Å². The SMILES string of the molecule is Cc1coc(C(=O)Nc2nccnc2C(C)C)c1. The first-order chi connectivity index (χ1) is 8.58. The van der Waals surface area contributed by atoms with E-state index < -0.39 is 0 Å². The standard InChI is InChI=1S/C13H15N3O2/c1-8(2)11-12(15-5-4-14-11)16-13(17)10-6-9(3)7-18-10/h4-8H,1-3H3,(H,15,16,17). The molecule has 0 aliphatic carbocycles. The summed E-state index contributed by atoms with van der Waals surface area (Å²) >= 11 is 0. The molecular formula is C13H15N3O2. The molecule has 0 aromatic carbocycles. The van der Waals surface area contributed by atoms with Gasteiger partial charge in [-0.3, -0.25) is 9.78 Å². The van der Waals surface area contributed by atoms with Gasteiger partial charge in [-0.25, -0.2) is 4.98 Å². The topological polar surface area (TPSA) is 68.0 Å². The Kier molecular flexibility index (Phi) is 3.41. The van der Waals surface area contributed by atoms with Crippen LogP contribution in [0.3, 0.4) is 0 Å². The minimum absolute atomic E-state index is 0.187. The third-order valence-corrected chi connectivity index (χ3v) is 2.46. The fourth-order valence-corrected chi connectivity index (χ4v) is 1.59. The summed E-state index contributed by atoms with van der Waals surface area (Å²) in [5.74, 6) is 0.622. The summed E-state index contributed by atoms with van der Waals surface area (Å²) in [6.45, 7) is 5.86. The zero-order valence-electron chi connectivity index (χ0n) is 10.6. The van der Waals surface area contributed by atoms with Crippen molar-refractivity contribution in [1.29, 1.82) is 0 Å². The van der Waals surface area contributed by atoms with Gasteiger partial charge in [0.15, 0.2) is 11.6 Å². The molecule has 2 aromatic rings. The van der Waals surface area contributed by atoms with E-state index in [1.807, 2.05) is 20.8 Å². The van der Waals surface area contributed by atoms with E-state index in [0.717, 1.165) is 11.3 Å². The first-order valence-corrected chi connectivity index (χ1v) is 5.75. The molecule has 0 spiro atoms. The van der Waals surface area contributed by atoms with Gasteiger partial charge in [0, 0.05) is 12.4 Å². The molecule has 0 radical (unpaired) electrons. The maximum atomic E-state index is 11.9. The lowest BCUT2D eigenvalue weighted by Crippen LogP contribution is -2.15. The monoisotopic (exact) mass is 245 g/mol. The van der Waals surface area contributed by atoms with E-state index in [1.165, 1.54) is 6.26 Å². The Labute approximate surface area is 105 Å². The fourth-order valence-electron chi connectivity index (χ4n) is 1.59. The Morgan fingerprint density at radius 1 is 1.33 bits per heavy atom. The number of carbonyl (C=O) groups excluding carboxylic acids is 1. The van der Waals surface area contributed by atoms with Crippen molar-refractivity contribution < 1.29 is 9.21 Å². The highest BCUT2D eigenvalue weighted by Crippen LogP contribution is 2.19. The minimum atomic E-state index is -0.314. The molecule has 5 nitrogen and oxygen atoms in total. The largest absolute Gasteiger partial charge is 0.459 e. The van der Waals surface area contributed by atoms with Gasteiger partial charge in [0.1, 0.15) is 0 Å². The highest BCUT2D eigenvalue weighted by atomic mass is 16.3. The Morgan fingerprint density at radius 3 is 2.67 bits per heavy atom. The predicted molar refractivity (Wildman–Crippen MR) is 67.5 cm³/mol. The fraction of sp³-hybridized carbons (Fsp3) is 0.308. The number of nitrogens with one attached hydrogen (secondary N) is 1. The number of aromatic nitrogens is 2. The Balaban J connectivity index is 2.22. The van der Waals surface area contributed by atoms with Crippen LogP contribution in [0, 0.1) is 6.92 Å². The van der Waals surface area contributed by atoms with Crippen molar-refractivity contribution in [3.8, 4) is 0 Å². The zero-order chi connectivity index (χ0) is 13.1. The molecule has 0 atom stereocenters. The number of hydrogen-bond donors (Lipinski definition) is 1. The lowest BCUT2D eigenvalue weighted by Gasteiger charge is -2.10. The van der Waals surface area contributed by atoms with Crippen LogP contribution in [0.5, 0.6) is 0 Å². The van der Waals surface area contributed by atoms with E-state index >= 15 is 0 Å². The third-order valence-electron chi connectivity index (χ3n) is 2.46. The van der Waals surface area contributed by atoms with Gasteiger partial charge < -0.3 is 9.73 Å². The Bertz CT molecular complexity index is 561. The van der Waals surface area contributed by atoms with Crippen LogP contribution in [0.25, 0.3) is 0 Å². The van der Waals surface area contributed by atoms with Crippen LogP contribution >= 0.6 is 0 Å². The molecule has 0 fully saturated rings. The Morgan fingerprint density at radius 2 is 2.06 bits per heavy atom. The summed E-state index contributed by atoms with van der Waals surface area (Å²) < 4.78 is 5.14. The molecule has 0 aliphatic heterocycles. The maximum Gasteiger partial charge on any atom is 0.292 e. The maximum absolute atomic E-state index is 11.9. The van der Waals surface area contributed by atoms with Crippen molar-refractivity contribution in [3.05, 3.63) is 41.7 Å². The van der Waals surface area contributed by atoms with E-state index in [0.29, 0.717) is 5.82 Å². The van der Waals surface area contributed by atoms with Gasteiger partial charge in [0.2, 0.25) is 0 Å². The molecule has 0 saturated heterocycles. The molecule has 94 valence electrons. The summed E-state index contributed by atoms with van der Waals surface area (Å²) in [5.41, 5.74) is 1.66. The summed E-state index contributed by atoms with van der Waals surface area (Å²) in [7, 11) is 0. The van der Waals surface area contributed by atoms with E-state index in [9.17, 15) is 4.79 Å². The van der Waals surface area contributed by atoms with E-state index in [2.05, 4.69) is 15.3 Å². The molecule has 1 N–H and O–H groups in total. The average molecular weight is 245 g/mol. The van der Waals surface area contributed by atoms with Gasteiger partial charge in [-0.1, -0.05) is 13.8 Å². The van der Waals surface area contributed by atoms with Crippen molar-refractivity contribution in [2.24, 2.45) is 0 Å². The molecule has 5 heteroatoms. The van der Waals surface area contributed by atoms with Crippen LogP contribution in [-0.2, 0) is 0 Å². The molecule has 1 amide bonds. The average Bonchev–Trinajstić information content (AvgIpc) is 2.76. The number of hydrogen-bond acceptors (Lipinski definition) is 4. The number of nitrogens with zero attached hydrogens (tertiary/aromatic N) is 2. The quantitative estimate of drug-likeness (QED) is 0.902. The zero-order valence-corrected chi connectivity index (χ0v) is 10.6. The highest BCUT2D eigenvalue weighted by molar-refractivity contribution is 6.02. The summed E-state index contributed by atoms with van der Waals surface area (Å²) in [6, 6.07) is 1.68. The number of amides is 1. The van der Waals surface area contributed by atoms with Crippen LogP contribution in [0.15, 0.2) is 29.1 Å². The summed E-state index contributed by atoms with van der Waals surface area (Å²) in [5, 5.41) is 2.72. The Hall–Kier alpha value is -2.17. The van der Waals surface area contributed by atoms with E-state index in [1.54, 1.807) is 18.5 Å². The number of anilines is 1. The highest BCUT2D eigenvalue weighted by Gasteiger charge is 2.15. The van der Waals surface area contributed by atoms with Gasteiger partial charge in [0.25, 0.3) is 5.91 Å². The van der Waals surface area contributed by atoms with Crippen molar-refractivity contribution in [1.82, 2.24) is 9.97 Å². The van der Waals surface area contributed by atoms with E-state index in [-0.39, 0.29) is 17.6 Å². The van der Waals surface area contributed by atoms with Crippen LogP contribution in [0.1, 0.15) is 41.6 Å². The molecule has 0 unspecified atom stereocenters. The normalized spacial score (nSPS) is 10.7. The van der Waals surface area contributed by atoms with Gasteiger partial charge in [0.05, 0.1) is 12.0 Å². The van der Waals surface area contributed by atoms with E-state index in [4.69, 9.17) is 4.42 Å². The lowest BCUT2D eigenvalue weighted by molar-refractivity contribution is 0.0996. The smallest absolute Gasteiger partial charge is 0.292 e. The van der Waals surface area contributed by atoms with Crippen molar-refractivity contribution in [3.63, 3.8) is 0 Å². The van der Waals surface area contributed by atoms with Crippen LogP contribution < -0.4 is 5.32 Å². The van der Waals surface area contributed by atoms with Crippen molar-refractivity contribution >= 4 is 11.7 Å². The molecule has 2 aromatic heterocycles. The molecule has 0 saturated carbocycles. The van der Waals surface area contributed by atoms with Crippen LogP contribution in [0.4, 0.5) is 5.82 Å². The second-order valence-electron chi connectivity index (χ2n) is 4.39. The minimum Gasteiger partial charge on any atom is -0.459 e. The van der Waals surface area contributed by atoms with Crippen LogP contribution in [-0.4, -0.2) is 15.9 Å². The third kappa shape index (κ3) is 2.56. The lowest BCUT2D eigenvalue weighted by atomic mass is 10.1. The van der Waals surface area contributed by atoms with Gasteiger partial charge in [-0.05, 0) is 24.5 Å². The van der Waals surface area contributed by atoms with Crippen molar-refractivity contribution in [2.45, 2.75) is 26.7 Å². The first kappa shape index (κ1) is 12.3. The summed E-state index contributed by atoms with van der Waals surface area (Å²) in [4.78, 5) is 20.3. The predicted octanol–water partition coefficient (Wildman–Crippen LogP) is 2.75. The molecule has 2 heterocycles. The number of rotatable bonds is 3. The molecular weight excluding hydrogens is 230 g/mol. The van der Waals surface area contributed by atoms with Crippen molar-refractivity contribution in [2.75, 3.05) is 5.32 Å². The number of furan rings is 1. The molecule has 18 heavy (non-hydrogen) atoms. The van der Waals surface area contributed by atoms with Crippen LogP contribution in [0.2, 0.25) is 0 Å². The second-order valence-corrected chi connectivity index (χ2v) is 4.39. The second kappa shape index (κ2) is 5.00. The van der Waals surface area contributed by atoms with Gasteiger partial charge in [-0.2, -0.15) is 0 Å².